The molecule has 1 aliphatic heterocycles. The molecule has 4 aromatic rings. The summed E-state index contributed by atoms with van der Waals surface area (Å²) in [4.78, 5) is 31.1. The summed E-state index contributed by atoms with van der Waals surface area (Å²) in [5, 5.41) is 4.33. The maximum absolute atomic E-state index is 12.5. The molecule has 1 N–H and O–H groups in total. The van der Waals surface area contributed by atoms with Crippen molar-refractivity contribution in [2.45, 2.75) is 74.3 Å². The molecule has 9 heteroatoms. The van der Waals surface area contributed by atoms with Gasteiger partial charge in [0, 0.05) is 54.2 Å². The molecule has 1 atom stereocenters. The number of hydrogen-bond donors (Lipinski definition) is 1. The third-order valence-electron chi connectivity index (χ3n) is 7.84. The van der Waals surface area contributed by atoms with Gasteiger partial charge in [-0.1, -0.05) is 36.4 Å². The fraction of sp³-hybridized carbons (Fsp3) is 0.448. The van der Waals surface area contributed by atoms with Crippen LogP contribution in [0.25, 0.3) is 16.6 Å². The number of nitrogens with zero attached hydrogens (tertiary/aromatic N) is 5. The number of aromatic nitrogens is 4. The van der Waals surface area contributed by atoms with Gasteiger partial charge in [-0.25, -0.2) is 14.8 Å². The third kappa shape index (κ3) is 4.79. The van der Waals surface area contributed by atoms with Gasteiger partial charge in [-0.2, -0.15) is 0 Å². The van der Waals surface area contributed by atoms with Crippen molar-refractivity contribution in [1.29, 1.82) is 0 Å². The zero-order valence-corrected chi connectivity index (χ0v) is 23.0. The smallest absolute Gasteiger partial charge is 0.407 e. The highest BCUT2D eigenvalue weighted by atomic mass is 32.2. The summed E-state index contributed by atoms with van der Waals surface area (Å²) in [6.45, 7) is 7.51. The number of amides is 1. The Morgan fingerprint density at radius 1 is 1.05 bits per heavy atom. The van der Waals surface area contributed by atoms with Crippen LogP contribution in [0, 0.1) is 5.41 Å². The van der Waals surface area contributed by atoms with Crippen LogP contribution in [-0.4, -0.2) is 50.2 Å². The van der Waals surface area contributed by atoms with Crippen LogP contribution in [0.2, 0.25) is 0 Å². The summed E-state index contributed by atoms with van der Waals surface area (Å²) in [6, 6.07) is 10.4. The first kappa shape index (κ1) is 25.0. The lowest BCUT2D eigenvalue weighted by atomic mass is 9.74. The summed E-state index contributed by atoms with van der Waals surface area (Å²) in [5.41, 5.74) is 1.52. The first-order valence-electron chi connectivity index (χ1n) is 13.4. The van der Waals surface area contributed by atoms with Crippen LogP contribution in [0.15, 0.2) is 64.9 Å². The Labute approximate surface area is 227 Å². The van der Waals surface area contributed by atoms with Crippen LogP contribution >= 0.6 is 11.8 Å². The van der Waals surface area contributed by atoms with E-state index in [1.807, 2.05) is 69.8 Å². The van der Waals surface area contributed by atoms with Gasteiger partial charge >= 0.3 is 6.09 Å². The number of benzene rings is 1. The minimum atomic E-state index is -0.490. The van der Waals surface area contributed by atoms with Gasteiger partial charge in [0.25, 0.3) is 0 Å². The van der Waals surface area contributed by atoms with Gasteiger partial charge in [-0.15, -0.1) is 0 Å². The maximum atomic E-state index is 12.5. The van der Waals surface area contributed by atoms with Crippen molar-refractivity contribution >= 4 is 40.4 Å². The number of para-hydroxylation sites is 1. The summed E-state index contributed by atoms with van der Waals surface area (Å²) < 4.78 is 7.66. The molecule has 1 saturated carbocycles. The Kier molecular flexibility index (Phi) is 6.42. The number of imidazole rings is 1. The largest absolute Gasteiger partial charge is 0.444 e. The molecule has 0 bridgehead atoms. The van der Waals surface area contributed by atoms with Crippen molar-refractivity contribution in [2.24, 2.45) is 5.41 Å². The highest BCUT2D eigenvalue weighted by Gasteiger charge is 2.46. The van der Waals surface area contributed by atoms with Crippen molar-refractivity contribution < 1.29 is 9.53 Å². The molecule has 4 heterocycles. The number of alkyl carbamates (subject to hydrolysis) is 1. The van der Waals surface area contributed by atoms with Crippen molar-refractivity contribution in [3.8, 4) is 0 Å². The lowest BCUT2D eigenvalue weighted by molar-refractivity contribution is 0.0442. The first-order chi connectivity index (χ1) is 18.3. The molecule has 6 rings (SSSR count). The van der Waals surface area contributed by atoms with Crippen molar-refractivity contribution in [3.63, 3.8) is 0 Å². The SMILES string of the molecule is CC(C)(C)OC(=O)N[C@@H]1CCCC12CCN(c1ncc(Sc3ccnc4ccccc34)c3nccn13)CC2. The van der Waals surface area contributed by atoms with E-state index in [1.54, 1.807) is 11.8 Å². The van der Waals surface area contributed by atoms with Gasteiger partial charge < -0.3 is 15.0 Å². The number of carbonyl (C=O) groups is 1. The number of nitrogens with one attached hydrogen (secondary N) is 1. The van der Waals surface area contributed by atoms with Gasteiger partial charge in [0.1, 0.15) is 5.60 Å². The molecule has 1 aliphatic carbocycles. The van der Waals surface area contributed by atoms with Crippen LogP contribution in [0.5, 0.6) is 0 Å². The Hall–Kier alpha value is -3.33. The zero-order chi connectivity index (χ0) is 26.3. The Morgan fingerprint density at radius 2 is 1.87 bits per heavy atom. The average Bonchev–Trinajstić information content (AvgIpc) is 3.52. The number of fused-ring (bicyclic) bond motifs is 2. The summed E-state index contributed by atoms with van der Waals surface area (Å²) in [7, 11) is 0. The zero-order valence-electron chi connectivity index (χ0n) is 22.2. The minimum absolute atomic E-state index is 0.125. The predicted octanol–water partition coefficient (Wildman–Crippen LogP) is 6.09. The van der Waals surface area contributed by atoms with E-state index < -0.39 is 5.60 Å². The van der Waals surface area contributed by atoms with Gasteiger partial charge in [0.05, 0.1) is 10.4 Å². The minimum Gasteiger partial charge on any atom is -0.444 e. The molecule has 3 aromatic heterocycles. The predicted molar refractivity (Wildman–Crippen MR) is 150 cm³/mol. The Balaban J connectivity index is 1.19. The van der Waals surface area contributed by atoms with E-state index in [1.165, 1.54) is 0 Å². The Bertz CT molecular complexity index is 1470. The average molecular weight is 531 g/mol. The van der Waals surface area contributed by atoms with Crippen molar-refractivity contribution in [1.82, 2.24) is 24.7 Å². The fourth-order valence-corrected chi connectivity index (χ4v) is 7.03. The van der Waals surface area contributed by atoms with Crippen LogP contribution in [0.1, 0.15) is 52.9 Å². The highest BCUT2D eigenvalue weighted by molar-refractivity contribution is 7.99. The molecular formula is C29H34N6O2S. The van der Waals surface area contributed by atoms with Crippen LogP contribution in [0.3, 0.4) is 0 Å². The maximum Gasteiger partial charge on any atom is 0.407 e. The molecule has 8 nitrogen and oxygen atoms in total. The molecule has 0 unspecified atom stereocenters. The standard InChI is InChI=1S/C29H34N6O2S/c1-28(2,3)37-27(36)33-24-9-6-11-29(24)12-16-34(17-13-29)26-32-19-23(25-31-15-18-35(25)26)38-22-10-14-30-21-8-5-4-7-20(21)22/h4-5,7-8,10,14-15,18-19,24H,6,9,11-13,16-17H2,1-3H3,(H,33,36)/t24-/m1/s1. The second kappa shape index (κ2) is 9.76. The molecular weight excluding hydrogens is 496 g/mol. The first-order valence-corrected chi connectivity index (χ1v) is 14.2. The van der Waals surface area contributed by atoms with Crippen molar-refractivity contribution in [3.05, 3.63) is 55.1 Å². The third-order valence-corrected chi connectivity index (χ3v) is 8.93. The number of ether oxygens (including phenoxy) is 1. The van der Waals surface area contributed by atoms with Gasteiger partial charge in [-0.3, -0.25) is 9.38 Å². The molecule has 0 radical (unpaired) electrons. The molecule has 1 saturated heterocycles. The molecule has 198 valence electrons. The van der Waals surface area contributed by atoms with Gasteiger partial charge in [0.2, 0.25) is 5.95 Å². The highest BCUT2D eigenvalue weighted by Crippen LogP contribution is 2.47. The second-order valence-corrected chi connectivity index (χ2v) is 12.5. The number of carbonyl (C=O) groups excluding carboxylic acids is 1. The van der Waals surface area contributed by atoms with E-state index in [0.717, 1.165) is 77.5 Å². The number of hydrogen-bond acceptors (Lipinski definition) is 7. The van der Waals surface area contributed by atoms with E-state index in [0.29, 0.717) is 0 Å². The van der Waals surface area contributed by atoms with Crippen LogP contribution in [0.4, 0.5) is 10.7 Å². The quantitative estimate of drug-likeness (QED) is 0.342. The molecule has 38 heavy (non-hydrogen) atoms. The van der Waals surface area contributed by atoms with Crippen LogP contribution < -0.4 is 10.2 Å². The molecule has 1 spiro atoms. The lowest BCUT2D eigenvalue weighted by Crippen LogP contribution is -2.51. The number of anilines is 1. The van der Waals surface area contributed by atoms with Gasteiger partial charge in [-0.05, 0) is 64.0 Å². The fourth-order valence-electron chi connectivity index (χ4n) is 6.03. The van der Waals surface area contributed by atoms with E-state index in [-0.39, 0.29) is 17.6 Å². The number of rotatable bonds is 4. The summed E-state index contributed by atoms with van der Waals surface area (Å²) in [6.07, 6.45) is 12.7. The van der Waals surface area contributed by atoms with E-state index in [9.17, 15) is 4.79 Å². The summed E-state index contributed by atoms with van der Waals surface area (Å²) >= 11 is 1.68. The molecule has 1 amide bonds. The number of pyridine rings is 1. The lowest BCUT2D eigenvalue weighted by Gasteiger charge is -2.43. The van der Waals surface area contributed by atoms with Gasteiger partial charge in [0.15, 0.2) is 5.65 Å². The topological polar surface area (TPSA) is 84.6 Å². The molecule has 2 fully saturated rings. The van der Waals surface area contributed by atoms with E-state index >= 15 is 0 Å². The summed E-state index contributed by atoms with van der Waals surface area (Å²) in [5.74, 6) is 0.922. The number of piperidine rings is 1. The van der Waals surface area contributed by atoms with Crippen LogP contribution in [-0.2, 0) is 4.74 Å². The van der Waals surface area contributed by atoms with E-state index in [4.69, 9.17) is 14.7 Å². The molecule has 2 aliphatic rings. The normalized spacial score (nSPS) is 19.3. The monoisotopic (exact) mass is 530 g/mol. The second-order valence-electron chi connectivity index (χ2n) is 11.4. The van der Waals surface area contributed by atoms with E-state index in [2.05, 4.69) is 25.7 Å². The molecule has 1 aromatic carbocycles. The van der Waals surface area contributed by atoms with Crippen molar-refractivity contribution in [2.75, 3.05) is 18.0 Å². The Morgan fingerprint density at radius 3 is 2.68 bits per heavy atom.